The Balaban J connectivity index is 2.28. The molecule has 0 radical (unpaired) electrons. The Hall–Kier alpha value is -2.83. The molecule has 7 heteroatoms. The van der Waals surface area contributed by atoms with Gasteiger partial charge in [0.2, 0.25) is 0 Å². The molecule has 26 heavy (non-hydrogen) atoms. The number of rotatable bonds is 5. The molecular weight excluding hydrogens is 334 g/mol. The summed E-state index contributed by atoms with van der Waals surface area (Å²) >= 11 is 0. The largest absolute Gasteiger partial charge is 0.469 e. The summed E-state index contributed by atoms with van der Waals surface area (Å²) in [6, 6.07) is 8.93. The van der Waals surface area contributed by atoms with Gasteiger partial charge in [-0.05, 0) is 38.5 Å². The van der Waals surface area contributed by atoms with E-state index in [0.29, 0.717) is 0 Å². The number of carbonyl (C=O) groups excluding carboxylic acids is 2. The van der Waals surface area contributed by atoms with E-state index in [1.165, 1.54) is 7.11 Å². The average molecular weight is 359 g/mol. The predicted molar refractivity (Wildman–Crippen MR) is 97.4 cm³/mol. The molecule has 0 aliphatic rings. The van der Waals surface area contributed by atoms with Gasteiger partial charge in [-0.2, -0.15) is 5.10 Å². The van der Waals surface area contributed by atoms with Crippen molar-refractivity contribution in [1.82, 2.24) is 15.1 Å². The molecule has 1 atom stereocenters. The number of hydrogen-bond donors (Lipinski definition) is 1. The van der Waals surface area contributed by atoms with Gasteiger partial charge in [0, 0.05) is 18.8 Å². The number of carbonyl (C=O) groups is 2. The fourth-order valence-corrected chi connectivity index (χ4v) is 2.52. The molecule has 0 fully saturated rings. The quantitative estimate of drug-likeness (QED) is 0.829. The number of amides is 1. The first kappa shape index (κ1) is 19.5. The Kier molecular flexibility index (Phi) is 6.02. The number of esters is 1. The minimum absolute atomic E-state index is 0.00455. The summed E-state index contributed by atoms with van der Waals surface area (Å²) in [7, 11) is 3.17. The van der Waals surface area contributed by atoms with E-state index < -0.39 is 23.7 Å². The van der Waals surface area contributed by atoms with Gasteiger partial charge in [0.05, 0.1) is 25.3 Å². The number of nitrogens with zero attached hydrogens (tertiary/aromatic N) is 2. The minimum atomic E-state index is -0.629. The van der Waals surface area contributed by atoms with Crippen LogP contribution in [0.2, 0.25) is 0 Å². The van der Waals surface area contributed by atoms with Gasteiger partial charge in [-0.25, -0.2) is 4.79 Å². The van der Waals surface area contributed by atoms with E-state index in [-0.39, 0.29) is 6.42 Å². The van der Waals surface area contributed by atoms with E-state index in [1.54, 1.807) is 31.6 Å². The van der Waals surface area contributed by atoms with E-state index in [1.807, 2.05) is 37.4 Å². The summed E-state index contributed by atoms with van der Waals surface area (Å²) in [5.74, 6) is -0.419. The van der Waals surface area contributed by atoms with Crippen LogP contribution in [-0.2, 0) is 21.3 Å². The number of aryl methyl sites for hydroxylation is 1. The van der Waals surface area contributed by atoms with Crippen LogP contribution in [0.1, 0.15) is 38.8 Å². The van der Waals surface area contributed by atoms with Crippen molar-refractivity contribution in [3.63, 3.8) is 0 Å². The number of ether oxygens (including phenoxy) is 2. The van der Waals surface area contributed by atoms with Crippen LogP contribution in [0.4, 0.5) is 4.79 Å². The Labute approximate surface area is 153 Å². The van der Waals surface area contributed by atoms with Crippen LogP contribution in [0.3, 0.4) is 0 Å². The first-order chi connectivity index (χ1) is 12.2. The molecule has 2 rings (SSSR count). The number of benzene rings is 1. The average Bonchev–Trinajstić information content (AvgIpc) is 2.98. The molecule has 0 spiro atoms. The fraction of sp³-hybridized carbons (Fsp3) is 0.421. The Morgan fingerprint density at radius 3 is 2.58 bits per heavy atom. The van der Waals surface area contributed by atoms with Gasteiger partial charge in [0.15, 0.2) is 0 Å². The van der Waals surface area contributed by atoms with Crippen molar-refractivity contribution in [3.8, 4) is 11.3 Å². The van der Waals surface area contributed by atoms with Crippen molar-refractivity contribution < 1.29 is 19.1 Å². The molecule has 0 unspecified atom stereocenters. The van der Waals surface area contributed by atoms with Crippen LogP contribution in [0, 0.1) is 0 Å². The third kappa shape index (κ3) is 5.34. The van der Waals surface area contributed by atoms with E-state index in [9.17, 15) is 9.59 Å². The second kappa shape index (κ2) is 8.03. The normalized spacial score (nSPS) is 12.3. The Morgan fingerprint density at radius 1 is 1.27 bits per heavy atom. The third-order valence-corrected chi connectivity index (χ3v) is 3.70. The molecule has 0 bridgehead atoms. The number of alkyl carbamates (subject to hydrolysis) is 1. The zero-order valence-electron chi connectivity index (χ0n) is 15.8. The monoisotopic (exact) mass is 359 g/mol. The van der Waals surface area contributed by atoms with Crippen LogP contribution in [-0.4, -0.2) is 34.6 Å². The molecule has 1 N–H and O–H groups in total. The van der Waals surface area contributed by atoms with Crippen molar-refractivity contribution in [1.29, 1.82) is 0 Å². The molecule has 1 aromatic carbocycles. The van der Waals surface area contributed by atoms with Crippen molar-refractivity contribution in [3.05, 3.63) is 42.1 Å². The van der Waals surface area contributed by atoms with Gasteiger partial charge >= 0.3 is 12.1 Å². The van der Waals surface area contributed by atoms with E-state index in [0.717, 1.165) is 16.8 Å². The molecule has 1 amide bonds. The van der Waals surface area contributed by atoms with Crippen LogP contribution in [0.25, 0.3) is 11.3 Å². The Morgan fingerprint density at radius 2 is 2.00 bits per heavy atom. The van der Waals surface area contributed by atoms with E-state index in [2.05, 4.69) is 10.4 Å². The summed E-state index contributed by atoms with van der Waals surface area (Å²) in [6.45, 7) is 5.35. The summed E-state index contributed by atoms with van der Waals surface area (Å²) in [6.07, 6.45) is 1.13. The van der Waals surface area contributed by atoms with Crippen molar-refractivity contribution in [2.24, 2.45) is 7.05 Å². The second-order valence-electron chi connectivity index (χ2n) is 6.94. The predicted octanol–water partition coefficient (Wildman–Crippen LogP) is 3.22. The van der Waals surface area contributed by atoms with Gasteiger partial charge in [0.25, 0.3) is 0 Å². The van der Waals surface area contributed by atoms with Crippen molar-refractivity contribution in [2.45, 2.75) is 38.8 Å². The van der Waals surface area contributed by atoms with Gasteiger partial charge in [-0.15, -0.1) is 0 Å². The highest BCUT2D eigenvalue weighted by Crippen LogP contribution is 2.25. The zero-order chi connectivity index (χ0) is 19.3. The highest BCUT2D eigenvalue weighted by Gasteiger charge is 2.23. The standard InChI is InChI=1S/C19H25N3O4/c1-19(2,3)26-18(24)21-15(12-17(23)25-5)13-7-6-8-14(11-13)16-9-10-20-22(16)4/h6-11,15H,12H2,1-5H3,(H,21,24)/t15-/m0/s1. The molecule has 1 aromatic heterocycles. The number of aromatic nitrogens is 2. The fourth-order valence-electron chi connectivity index (χ4n) is 2.52. The lowest BCUT2D eigenvalue weighted by atomic mass is 10.00. The molecule has 2 aromatic rings. The maximum Gasteiger partial charge on any atom is 0.408 e. The van der Waals surface area contributed by atoms with Gasteiger partial charge in [-0.3, -0.25) is 9.48 Å². The maximum atomic E-state index is 12.2. The first-order valence-electron chi connectivity index (χ1n) is 8.34. The lowest BCUT2D eigenvalue weighted by Crippen LogP contribution is -2.36. The lowest BCUT2D eigenvalue weighted by molar-refractivity contribution is -0.141. The zero-order valence-corrected chi connectivity index (χ0v) is 15.8. The van der Waals surface area contributed by atoms with Crippen LogP contribution >= 0.6 is 0 Å². The Bertz CT molecular complexity index is 777. The van der Waals surface area contributed by atoms with Gasteiger partial charge < -0.3 is 14.8 Å². The molecule has 0 saturated heterocycles. The van der Waals surface area contributed by atoms with Crippen molar-refractivity contribution in [2.75, 3.05) is 7.11 Å². The highest BCUT2D eigenvalue weighted by atomic mass is 16.6. The van der Waals surface area contributed by atoms with Crippen LogP contribution in [0.15, 0.2) is 36.5 Å². The molecule has 1 heterocycles. The van der Waals surface area contributed by atoms with E-state index in [4.69, 9.17) is 9.47 Å². The molecule has 0 aliphatic heterocycles. The summed E-state index contributed by atoms with van der Waals surface area (Å²) in [4.78, 5) is 24.0. The molecule has 0 aliphatic carbocycles. The van der Waals surface area contributed by atoms with Gasteiger partial charge in [0.1, 0.15) is 5.60 Å². The summed E-state index contributed by atoms with van der Waals surface area (Å²) in [5, 5.41) is 6.93. The topological polar surface area (TPSA) is 82.4 Å². The van der Waals surface area contributed by atoms with Crippen molar-refractivity contribution >= 4 is 12.1 Å². The highest BCUT2D eigenvalue weighted by molar-refractivity contribution is 5.73. The molecule has 140 valence electrons. The van der Waals surface area contributed by atoms with Gasteiger partial charge in [-0.1, -0.05) is 18.2 Å². The molecule has 7 nitrogen and oxygen atoms in total. The number of hydrogen-bond acceptors (Lipinski definition) is 5. The third-order valence-electron chi connectivity index (χ3n) is 3.70. The van der Waals surface area contributed by atoms with Crippen LogP contribution in [0.5, 0.6) is 0 Å². The SMILES string of the molecule is COC(=O)C[C@H](NC(=O)OC(C)(C)C)c1cccc(-c2ccnn2C)c1. The second-order valence-corrected chi connectivity index (χ2v) is 6.94. The summed E-state index contributed by atoms with van der Waals surface area (Å²) < 4.78 is 11.8. The molecular formula is C19H25N3O4. The van der Waals surface area contributed by atoms with E-state index >= 15 is 0 Å². The lowest BCUT2D eigenvalue weighted by Gasteiger charge is -2.23. The first-order valence-corrected chi connectivity index (χ1v) is 8.34. The maximum absolute atomic E-state index is 12.2. The molecule has 0 saturated carbocycles. The minimum Gasteiger partial charge on any atom is -0.469 e. The summed E-state index contributed by atoms with van der Waals surface area (Å²) in [5.41, 5.74) is 2.01. The number of methoxy groups -OCH3 is 1. The van der Waals surface area contributed by atoms with Crippen LogP contribution < -0.4 is 5.32 Å². The number of nitrogens with one attached hydrogen (secondary N) is 1. The smallest absolute Gasteiger partial charge is 0.408 e.